The van der Waals surface area contributed by atoms with Gasteiger partial charge in [-0.1, -0.05) is 6.58 Å². The van der Waals surface area contributed by atoms with E-state index in [1.165, 1.54) is 6.08 Å². The molecule has 3 aromatic rings. The summed E-state index contributed by atoms with van der Waals surface area (Å²) in [4.78, 5) is 34.9. The number of rotatable bonds is 6. The third-order valence-corrected chi connectivity index (χ3v) is 5.18. The van der Waals surface area contributed by atoms with Crippen molar-refractivity contribution in [3.63, 3.8) is 0 Å². The third kappa shape index (κ3) is 4.63. The summed E-state index contributed by atoms with van der Waals surface area (Å²) in [7, 11) is 1.63. The van der Waals surface area contributed by atoms with Crippen LogP contribution in [0.4, 0.5) is 11.6 Å². The van der Waals surface area contributed by atoms with Crippen LogP contribution < -0.4 is 15.4 Å². The summed E-state index contributed by atoms with van der Waals surface area (Å²) in [6, 6.07) is 12.6. The quantitative estimate of drug-likeness (QED) is 0.599. The molecule has 0 spiro atoms. The van der Waals surface area contributed by atoms with E-state index < -0.39 is 0 Å². The lowest BCUT2D eigenvalue weighted by Crippen LogP contribution is -2.31. The zero-order valence-corrected chi connectivity index (χ0v) is 17.2. The van der Waals surface area contributed by atoms with Crippen LogP contribution in [0.5, 0.6) is 5.75 Å². The number of carbonyl (C=O) groups is 2. The van der Waals surface area contributed by atoms with E-state index in [2.05, 4.69) is 27.2 Å². The van der Waals surface area contributed by atoms with Gasteiger partial charge in [0.15, 0.2) is 0 Å². The van der Waals surface area contributed by atoms with Gasteiger partial charge in [-0.3, -0.25) is 9.59 Å². The second-order valence-electron chi connectivity index (χ2n) is 7.27. The number of anilines is 2. The fraction of sp³-hybridized carbons (Fsp3) is 0.217. The molecule has 8 heteroatoms. The molecule has 1 fully saturated rings. The Morgan fingerprint density at radius 3 is 2.77 bits per heavy atom. The summed E-state index contributed by atoms with van der Waals surface area (Å²) in [6.45, 7) is 4.64. The largest absolute Gasteiger partial charge is 0.497 e. The van der Waals surface area contributed by atoms with Gasteiger partial charge in [0.2, 0.25) is 11.9 Å². The number of nitrogens with one attached hydrogen (secondary N) is 2. The highest BCUT2D eigenvalue weighted by atomic mass is 16.5. The van der Waals surface area contributed by atoms with Crippen LogP contribution in [0.15, 0.2) is 61.3 Å². The minimum Gasteiger partial charge on any atom is -0.497 e. The van der Waals surface area contributed by atoms with E-state index in [1.54, 1.807) is 42.5 Å². The normalized spacial score (nSPS) is 15.5. The van der Waals surface area contributed by atoms with Crippen LogP contribution in [0.25, 0.3) is 10.9 Å². The minimum absolute atomic E-state index is 0.0441. The third-order valence-electron chi connectivity index (χ3n) is 5.18. The average molecular weight is 417 g/mol. The summed E-state index contributed by atoms with van der Waals surface area (Å²) >= 11 is 0. The molecule has 1 aliphatic heterocycles. The van der Waals surface area contributed by atoms with Crippen molar-refractivity contribution in [1.29, 1.82) is 0 Å². The van der Waals surface area contributed by atoms with E-state index in [-0.39, 0.29) is 17.9 Å². The minimum atomic E-state index is -0.289. The van der Waals surface area contributed by atoms with Gasteiger partial charge in [-0.2, -0.15) is 0 Å². The Balaban J connectivity index is 1.37. The Labute approximate surface area is 179 Å². The molecule has 4 rings (SSSR count). The van der Waals surface area contributed by atoms with Gasteiger partial charge in [0.05, 0.1) is 12.6 Å². The highest BCUT2D eigenvalue weighted by Crippen LogP contribution is 2.21. The number of nitrogens with zero attached hydrogens (tertiary/aromatic N) is 3. The van der Waals surface area contributed by atoms with E-state index in [0.29, 0.717) is 30.3 Å². The Morgan fingerprint density at radius 2 is 2.03 bits per heavy atom. The predicted molar refractivity (Wildman–Crippen MR) is 119 cm³/mol. The molecule has 2 heterocycles. The van der Waals surface area contributed by atoms with Crippen LogP contribution in [-0.2, 0) is 4.79 Å². The topological polar surface area (TPSA) is 96.5 Å². The molecule has 158 valence electrons. The molecule has 1 saturated heterocycles. The monoisotopic (exact) mass is 417 g/mol. The van der Waals surface area contributed by atoms with E-state index in [0.717, 1.165) is 23.1 Å². The summed E-state index contributed by atoms with van der Waals surface area (Å²) in [5, 5.41) is 6.90. The first kappa shape index (κ1) is 20.3. The molecule has 2 aromatic carbocycles. The zero-order valence-electron chi connectivity index (χ0n) is 17.2. The van der Waals surface area contributed by atoms with Crippen LogP contribution >= 0.6 is 0 Å². The van der Waals surface area contributed by atoms with Gasteiger partial charge >= 0.3 is 0 Å². The van der Waals surface area contributed by atoms with Crippen LogP contribution in [0.3, 0.4) is 0 Å². The fourth-order valence-electron chi connectivity index (χ4n) is 3.53. The van der Waals surface area contributed by atoms with Crippen molar-refractivity contribution in [2.75, 3.05) is 30.8 Å². The van der Waals surface area contributed by atoms with Crippen molar-refractivity contribution >= 4 is 34.4 Å². The Bertz CT molecular complexity index is 1130. The molecule has 0 radical (unpaired) electrons. The molecule has 1 atom stereocenters. The maximum Gasteiger partial charge on any atom is 0.253 e. The van der Waals surface area contributed by atoms with Crippen molar-refractivity contribution in [3.05, 3.63) is 66.9 Å². The Kier molecular flexibility index (Phi) is 5.79. The van der Waals surface area contributed by atoms with Gasteiger partial charge in [-0.15, -0.1) is 0 Å². The number of carbonyl (C=O) groups excluding carboxylic acids is 2. The number of hydrogen-bond donors (Lipinski definition) is 2. The van der Waals surface area contributed by atoms with Crippen LogP contribution in [0, 0.1) is 0 Å². The second kappa shape index (κ2) is 8.83. The molecule has 0 saturated carbocycles. The Hall–Kier alpha value is -3.94. The highest BCUT2D eigenvalue weighted by Gasteiger charge is 2.27. The summed E-state index contributed by atoms with van der Waals surface area (Å²) in [6.07, 6.45) is 3.77. The number of likely N-dealkylation sites (tertiary alicyclic amines) is 1. The lowest BCUT2D eigenvalue weighted by Gasteiger charge is -2.17. The molecular formula is C23H23N5O3. The standard InChI is InChI=1S/C23H23N5O3/c1-3-21(29)25-17-6-4-15(5-7-17)22(30)28-11-10-18(14-28)26-23-24-13-16-12-19(31-2)8-9-20(16)27-23/h3-9,12-13,18H,1,10-11,14H2,2H3,(H,25,29)(H,24,26,27)/t18-/m0/s1. The van der Waals surface area contributed by atoms with E-state index in [4.69, 9.17) is 4.74 Å². The highest BCUT2D eigenvalue weighted by molar-refractivity contribution is 5.99. The first-order valence-corrected chi connectivity index (χ1v) is 9.96. The summed E-state index contributed by atoms with van der Waals surface area (Å²) < 4.78 is 5.23. The van der Waals surface area contributed by atoms with Crippen molar-refractivity contribution < 1.29 is 14.3 Å². The maximum atomic E-state index is 12.8. The average Bonchev–Trinajstić information content (AvgIpc) is 3.27. The number of fused-ring (bicyclic) bond motifs is 1. The van der Waals surface area contributed by atoms with Crippen molar-refractivity contribution in [3.8, 4) is 5.75 Å². The van der Waals surface area contributed by atoms with Gasteiger partial charge in [0.25, 0.3) is 5.91 Å². The number of hydrogen-bond acceptors (Lipinski definition) is 6. The van der Waals surface area contributed by atoms with Gasteiger partial charge in [-0.05, 0) is 55.0 Å². The van der Waals surface area contributed by atoms with E-state index in [1.807, 2.05) is 18.2 Å². The smallest absolute Gasteiger partial charge is 0.253 e. The molecule has 0 bridgehead atoms. The van der Waals surface area contributed by atoms with Crippen molar-refractivity contribution in [2.45, 2.75) is 12.5 Å². The molecule has 0 unspecified atom stereocenters. The van der Waals surface area contributed by atoms with Gasteiger partial charge in [-0.25, -0.2) is 9.97 Å². The lowest BCUT2D eigenvalue weighted by atomic mass is 10.2. The zero-order chi connectivity index (χ0) is 21.8. The Morgan fingerprint density at radius 1 is 1.23 bits per heavy atom. The van der Waals surface area contributed by atoms with Gasteiger partial charge in [0.1, 0.15) is 5.75 Å². The van der Waals surface area contributed by atoms with Crippen LogP contribution in [0.1, 0.15) is 16.8 Å². The van der Waals surface area contributed by atoms with Crippen LogP contribution in [-0.4, -0.2) is 52.9 Å². The molecule has 0 aliphatic carbocycles. The molecule has 8 nitrogen and oxygen atoms in total. The van der Waals surface area contributed by atoms with Crippen LogP contribution in [0.2, 0.25) is 0 Å². The lowest BCUT2D eigenvalue weighted by molar-refractivity contribution is -0.111. The predicted octanol–water partition coefficient (Wildman–Crippen LogP) is 3.09. The number of aromatic nitrogens is 2. The van der Waals surface area contributed by atoms with Gasteiger partial charge < -0.3 is 20.3 Å². The number of amides is 2. The molecule has 2 amide bonds. The fourth-order valence-corrected chi connectivity index (χ4v) is 3.53. The molecule has 2 N–H and O–H groups in total. The van der Waals surface area contributed by atoms with Gasteiger partial charge in [0, 0.05) is 42.0 Å². The first-order valence-electron chi connectivity index (χ1n) is 9.96. The number of benzene rings is 2. The van der Waals surface area contributed by atoms with Crippen molar-refractivity contribution in [1.82, 2.24) is 14.9 Å². The molecule has 1 aliphatic rings. The summed E-state index contributed by atoms with van der Waals surface area (Å²) in [5.74, 6) is 0.970. The van der Waals surface area contributed by atoms with E-state index >= 15 is 0 Å². The number of methoxy groups -OCH3 is 1. The molecule has 1 aromatic heterocycles. The van der Waals surface area contributed by atoms with E-state index in [9.17, 15) is 9.59 Å². The SMILES string of the molecule is C=CC(=O)Nc1ccc(C(=O)N2CC[C@H](Nc3ncc4cc(OC)ccc4n3)C2)cc1. The number of ether oxygens (including phenoxy) is 1. The first-order chi connectivity index (χ1) is 15.1. The second-order valence-corrected chi connectivity index (χ2v) is 7.27. The summed E-state index contributed by atoms with van der Waals surface area (Å²) in [5.41, 5.74) is 2.02. The maximum absolute atomic E-state index is 12.8. The molecule has 31 heavy (non-hydrogen) atoms. The van der Waals surface area contributed by atoms with Crippen molar-refractivity contribution in [2.24, 2.45) is 0 Å². The molecular weight excluding hydrogens is 394 g/mol.